The van der Waals surface area contributed by atoms with Gasteiger partial charge in [0.1, 0.15) is 5.75 Å². The molecule has 8 heteroatoms. The Balaban J connectivity index is 1.52. The van der Waals surface area contributed by atoms with Crippen molar-refractivity contribution in [2.75, 3.05) is 7.11 Å². The van der Waals surface area contributed by atoms with Crippen molar-refractivity contribution in [3.63, 3.8) is 0 Å². The molecule has 2 unspecified atom stereocenters. The van der Waals surface area contributed by atoms with Gasteiger partial charge in [0.15, 0.2) is 5.96 Å². The van der Waals surface area contributed by atoms with Crippen LogP contribution in [0.1, 0.15) is 34.5 Å². The standard InChI is InChI=1S/C22H25N5O2S/c1-12-19(20(27-30-12)13-3-7-16(29-2)8-4-13)21(28)26-22(24)25-18-10-5-14-11-15(23)6-9-17(14)18/h3-4,6-9,15,18H,5,10-11,23H2,1-2H3,(H3,24,25,26,28). The van der Waals surface area contributed by atoms with E-state index in [-0.39, 0.29) is 24.0 Å². The monoisotopic (exact) mass is 423 g/mol. The zero-order valence-electron chi connectivity index (χ0n) is 17.0. The van der Waals surface area contributed by atoms with Crippen molar-refractivity contribution in [3.8, 4) is 17.0 Å². The topological polar surface area (TPSA) is 116 Å². The summed E-state index contributed by atoms with van der Waals surface area (Å²) in [6.45, 7) is 1.87. The van der Waals surface area contributed by atoms with E-state index in [2.05, 4.69) is 20.8 Å². The van der Waals surface area contributed by atoms with Crippen LogP contribution in [0, 0.1) is 6.92 Å². The van der Waals surface area contributed by atoms with E-state index in [0.717, 1.165) is 35.5 Å². The Labute approximate surface area is 179 Å². The summed E-state index contributed by atoms with van der Waals surface area (Å²) >= 11 is 1.29. The minimum atomic E-state index is -0.304. The Hall–Kier alpha value is -2.97. The fourth-order valence-electron chi connectivity index (χ4n) is 3.97. The molecule has 1 heterocycles. The fourth-order valence-corrected chi connectivity index (χ4v) is 4.68. The first-order chi connectivity index (χ1) is 14.5. The molecule has 2 aliphatic rings. The van der Waals surface area contributed by atoms with Crippen molar-refractivity contribution in [2.45, 2.75) is 38.3 Å². The lowest BCUT2D eigenvalue weighted by Crippen LogP contribution is -2.38. The molecule has 1 aromatic heterocycles. The SMILES string of the molecule is COc1ccc(-c2nsc(C)c2C(=O)NC(N)=NC2CCC3=C2C=CC(N)C3)cc1. The Morgan fingerprint density at radius 2 is 2.10 bits per heavy atom. The molecular formula is C22H25N5O2S. The summed E-state index contributed by atoms with van der Waals surface area (Å²) in [5, 5.41) is 2.75. The number of carbonyl (C=O) groups excluding carboxylic acids is 1. The van der Waals surface area contributed by atoms with E-state index in [4.69, 9.17) is 16.2 Å². The molecule has 7 nitrogen and oxygen atoms in total. The van der Waals surface area contributed by atoms with Gasteiger partial charge in [-0.1, -0.05) is 17.7 Å². The quantitative estimate of drug-likeness (QED) is 0.517. The van der Waals surface area contributed by atoms with Gasteiger partial charge in [-0.25, -0.2) is 4.99 Å². The smallest absolute Gasteiger partial charge is 0.261 e. The number of hydrogen-bond donors (Lipinski definition) is 3. The second-order valence-electron chi connectivity index (χ2n) is 7.50. The highest BCUT2D eigenvalue weighted by atomic mass is 32.1. The highest BCUT2D eigenvalue weighted by molar-refractivity contribution is 7.06. The molecule has 5 N–H and O–H groups in total. The molecule has 1 aromatic carbocycles. The number of nitrogens with one attached hydrogen (secondary N) is 1. The van der Waals surface area contributed by atoms with E-state index in [1.54, 1.807) is 7.11 Å². The average molecular weight is 424 g/mol. The van der Waals surface area contributed by atoms with Gasteiger partial charge in [0.2, 0.25) is 0 Å². The number of hydrogen-bond acceptors (Lipinski definition) is 6. The van der Waals surface area contributed by atoms with Crippen LogP contribution < -0.4 is 21.5 Å². The number of aliphatic imine (C=N–C) groups is 1. The number of rotatable bonds is 4. The van der Waals surface area contributed by atoms with Gasteiger partial charge in [-0.3, -0.25) is 10.1 Å². The van der Waals surface area contributed by atoms with Crippen LogP contribution in [-0.4, -0.2) is 35.4 Å². The summed E-state index contributed by atoms with van der Waals surface area (Å²) in [6.07, 6.45) is 6.78. The zero-order chi connectivity index (χ0) is 21.3. The summed E-state index contributed by atoms with van der Waals surface area (Å²) < 4.78 is 9.67. The highest BCUT2D eigenvalue weighted by Crippen LogP contribution is 2.35. The maximum atomic E-state index is 13.0. The molecule has 0 aliphatic heterocycles. The van der Waals surface area contributed by atoms with Gasteiger partial charge in [0.25, 0.3) is 5.91 Å². The molecule has 0 fully saturated rings. The van der Waals surface area contributed by atoms with E-state index >= 15 is 0 Å². The molecule has 30 heavy (non-hydrogen) atoms. The lowest BCUT2D eigenvalue weighted by atomic mass is 9.96. The van der Waals surface area contributed by atoms with Gasteiger partial charge in [0, 0.05) is 16.5 Å². The number of aryl methyl sites for hydroxylation is 1. The molecule has 1 amide bonds. The summed E-state index contributed by atoms with van der Waals surface area (Å²) in [6, 6.07) is 7.50. The van der Waals surface area contributed by atoms with Gasteiger partial charge >= 0.3 is 0 Å². The Bertz CT molecular complexity index is 1050. The predicted molar refractivity (Wildman–Crippen MR) is 120 cm³/mol. The number of amides is 1. The number of nitrogens with zero attached hydrogens (tertiary/aromatic N) is 2. The van der Waals surface area contributed by atoms with Gasteiger partial charge in [0.05, 0.1) is 24.4 Å². The first kappa shape index (κ1) is 20.3. The Morgan fingerprint density at radius 1 is 1.33 bits per heavy atom. The summed E-state index contributed by atoms with van der Waals surface area (Å²) in [4.78, 5) is 18.4. The second kappa shape index (κ2) is 8.41. The molecule has 0 radical (unpaired) electrons. The Morgan fingerprint density at radius 3 is 2.83 bits per heavy atom. The van der Waals surface area contributed by atoms with Crippen LogP contribution in [0.15, 0.2) is 52.6 Å². The van der Waals surface area contributed by atoms with E-state index in [9.17, 15) is 4.79 Å². The van der Waals surface area contributed by atoms with E-state index in [1.807, 2.05) is 37.3 Å². The van der Waals surface area contributed by atoms with Crippen molar-refractivity contribution in [2.24, 2.45) is 16.5 Å². The van der Waals surface area contributed by atoms with Crippen molar-refractivity contribution < 1.29 is 9.53 Å². The van der Waals surface area contributed by atoms with Crippen molar-refractivity contribution in [1.29, 1.82) is 0 Å². The number of benzene rings is 1. The van der Waals surface area contributed by atoms with Crippen LogP contribution in [0.3, 0.4) is 0 Å². The molecule has 0 saturated carbocycles. The molecule has 0 saturated heterocycles. The van der Waals surface area contributed by atoms with Gasteiger partial charge in [-0.15, -0.1) is 0 Å². The molecule has 156 valence electrons. The summed E-state index contributed by atoms with van der Waals surface area (Å²) in [5.74, 6) is 0.561. The third-order valence-corrected chi connectivity index (χ3v) is 6.23. The third-order valence-electron chi connectivity index (χ3n) is 5.48. The number of methoxy groups -OCH3 is 1. The minimum Gasteiger partial charge on any atom is -0.497 e. The predicted octanol–water partition coefficient (Wildman–Crippen LogP) is 2.92. The molecule has 4 rings (SSSR count). The molecule has 0 spiro atoms. The van der Waals surface area contributed by atoms with Crippen LogP contribution in [0.5, 0.6) is 5.75 Å². The van der Waals surface area contributed by atoms with Crippen LogP contribution in [0.2, 0.25) is 0 Å². The third kappa shape index (κ3) is 4.01. The zero-order valence-corrected chi connectivity index (χ0v) is 17.8. The molecule has 2 aliphatic carbocycles. The highest BCUT2D eigenvalue weighted by Gasteiger charge is 2.27. The summed E-state index contributed by atoms with van der Waals surface area (Å²) in [7, 11) is 1.61. The first-order valence-electron chi connectivity index (χ1n) is 9.87. The Kier molecular flexibility index (Phi) is 5.69. The number of aromatic nitrogens is 1. The lowest BCUT2D eigenvalue weighted by Gasteiger charge is -2.16. The lowest BCUT2D eigenvalue weighted by molar-refractivity contribution is 0.0977. The molecule has 2 aromatic rings. The number of nitrogens with two attached hydrogens (primary N) is 2. The van der Waals surface area contributed by atoms with Gasteiger partial charge < -0.3 is 16.2 Å². The average Bonchev–Trinajstić information content (AvgIpc) is 3.31. The van der Waals surface area contributed by atoms with Crippen LogP contribution in [-0.2, 0) is 0 Å². The maximum Gasteiger partial charge on any atom is 0.261 e. The van der Waals surface area contributed by atoms with Crippen molar-refractivity contribution >= 4 is 23.4 Å². The van der Waals surface area contributed by atoms with Gasteiger partial charge in [-0.05, 0) is 67.6 Å². The maximum absolute atomic E-state index is 13.0. The summed E-state index contributed by atoms with van der Waals surface area (Å²) in [5.41, 5.74) is 16.6. The first-order valence-corrected chi connectivity index (χ1v) is 10.6. The molecule has 2 atom stereocenters. The van der Waals surface area contributed by atoms with Crippen LogP contribution >= 0.6 is 11.5 Å². The molecule has 0 bridgehead atoms. The number of carbonyl (C=O) groups is 1. The number of ether oxygens (including phenoxy) is 1. The van der Waals surface area contributed by atoms with E-state index in [1.165, 1.54) is 22.7 Å². The van der Waals surface area contributed by atoms with Crippen LogP contribution in [0.25, 0.3) is 11.3 Å². The minimum absolute atomic E-state index is 0.0354. The normalized spacial score (nSPS) is 21.0. The number of guanidine groups is 1. The van der Waals surface area contributed by atoms with E-state index in [0.29, 0.717) is 11.3 Å². The second-order valence-corrected chi connectivity index (χ2v) is 8.48. The van der Waals surface area contributed by atoms with Crippen molar-refractivity contribution in [1.82, 2.24) is 9.69 Å². The fraction of sp³-hybridized carbons (Fsp3) is 0.318. The van der Waals surface area contributed by atoms with E-state index < -0.39 is 0 Å². The van der Waals surface area contributed by atoms with Crippen LogP contribution in [0.4, 0.5) is 0 Å². The van der Waals surface area contributed by atoms with Gasteiger partial charge in [-0.2, -0.15) is 4.37 Å². The van der Waals surface area contributed by atoms with Crippen molar-refractivity contribution in [3.05, 3.63) is 58.0 Å². The molecular weight excluding hydrogens is 398 g/mol. The largest absolute Gasteiger partial charge is 0.497 e.